The van der Waals surface area contributed by atoms with Gasteiger partial charge in [0.15, 0.2) is 10.8 Å². The first kappa shape index (κ1) is 22.2. The van der Waals surface area contributed by atoms with E-state index in [0.717, 1.165) is 67.3 Å². The van der Waals surface area contributed by atoms with Crippen molar-refractivity contribution in [3.05, 3.63) is 40.2 Å². The predicted molar refractivity (Wildman–Crippen MR) is 126 cm³/mol. The first-order valence-corrected chi connectivity index (χ1v) is 11.9. The van der Waals surface area contributed by atoms with E-state index in [9.17, 15) is 4.79 Å². The molecule has 1 aliphatic heterocycles. The molecule has 1 amide bonds. The summed E-state index contributed by atoms with van der Waals surface area (Å²) in [5.74, 6) is -0.111. The summed E-state index contributed by atoms with van der Waals surface area (Å²) >= 11 is 7.82. The number of carbonyl (C=O) groups is 1. The monoisotopic (exact) mass is 461 g/mol. The Labute approximate surface area is 191 Å². The fourth-order valence-corrected chi connectivity index (χ4v) is 5.04. The Morgan fingerprint density at radius 1 is 1.29 bits per heavy atom. The average molecular weight is 462 g/mol. The lowest BCUT2D eigenvalue weighted by atomic mass is 10.2. The van der Waals surface area contributed by atoms with Crippen molar-refractivity contribution in [3.8, 4) is 0 Å². The highest BCUT2D eigenvalue weighted by Gasteiger charge is 2.25. The van der Waals surface area contributed by atoms with E-state index >= 15 is 0 Å². The lowest BCUT2D eigenvalue weighted by Gasteiger charge is -2.27. The quantitative estimate of drug-likeness (QED) is 0.528. The van der Waals surface area contributed by atoms with E-state index in [0.29, 0.717) is 22.4 Å². The van der Waals surface area contributed by atoms with Crippen molar-refractivity contribution in [1.29, 1.82) is 0 Å². The number of rotatable bonds is 7. The van der Waals surface area contributed by atoms with Gasteiger partial charge in [-0.1, -0.05) is 22.9 Å². The van der Waals surface area contributed by atoms with Crippen molar-refractivity contribution in [2.75, 3.05) is 44.3 Å². The SMILES string of the molecule is CCn1nc(C(=O)N(CCCN2CCOCC2)c2nc3c(C)c(Cl)ccc3s2)cc1C. The van der Waals surface area contributed by atoms with Gasteiger partial charge in [-0.05, 0) is 51.0 Å². The summed E-state index contributed by atoms with van der Waals surface area (Å²) in [6.07, 6.45) is 0.856. The third-order valence-electron chi connectivity index (χ3n) is 5.67. The first-order chi connectivity index (χ1) is 15.0. The number of carbonyl (C=O) groups excluding carboxylic acids is 1. The van der Waals surface area contributed by atoms with Gasteiger partial charge in [-0.3, -0.25) is 19.3 Å². The second-order valence-electron chi connectivity index (χ2n) is 7.77. The zero-order chi connectivity index (χ0) is 22.0. The van der Waals surface area contributed by atoms with Gasteiger partial charge in [0.1, 0.15) is 0 Å². The number of ether oxygens (including phenoxy) is 1. The second kappa shape index (κ2) is 9.65. The zero-order valence-corrected chi connectivity index (χ0v) is 19.8. The molecule has 7 nitrogen and oxygen atoms in total. The number of nitrogens with zero attached hydrogens (tertiary/aromatic N) is 5. The molecule has 0 unspecified atom stereocenters. The summed E-state index contributed by atoms with van der Waals surface area (Å²) in [4.78, 5) is 22.5. The third-order valence-corrected chi connectivity index (χ3v) is 7.13. The molecule has 0 aliphatic carbocycles. The minimum absolute atomic E-state index is 0.111. The smallest absolute Gasteiger partial charge is 0.280 e. The standard InChI is InChI=1S/C22H28ClN5O2S/c1-4-28-15(2)14-18(25-28)21(29)27(9-5-8-26-10-12-30-13-11-26)22-24-20-16(3)17(23)6-7-19(20)31-22/h6-7,14H,4-5,8-13H2,1-3H3. The summed E-state index contributed by atoms with van der Waals surface area (Å²) in [5.41, 5.74) is 3.23. The van der Waals surface area contributed by atoms with Crippen LogP contribution in [0, 0.1) is 13.8 Å². The van der Waals surface area contributed by atoms with E-state index in [1.807, 2.05) is 43.7 Å². The predicted octanol–water partition coefficient (Wildman–Crippen LogP) is 4.15. The lowest BCUT2D eigenvalue weighted by molar-refractivity contribution is 0.0376. The number of fused-ring (bicyclic) bond motifs is 1. The molecular weight excluding hydrogens is 434 g/mol. The number of amides is 1. The molecule has 3 aromatic rings. The van der Waals surface area contributed by atoms with Gasteiger partial charge in [0.2, 0.25) is 0 Å². The third kappa shape index (κ3) is 4.77. The minimum atomic E-state index is -0.111. The van der Waals surface area contributed by atoms with Crippen LogP contribution in [0.25, 0.3) is 10.2 Å². The maximum Gasteiger partial charge on any atom is 0.280 e. The number of benzene rings is 1. The molecule has 1 saturated heterocycles. The highest BCUT2D eigenvalue weighted by molar-refractivity contribution is 7.22. The molecule has 1 aliphatic rings. The van der Waals surface area contributed by atoms with Crippen LogP contribution in [0.15, 0.2) is 18.2 Å². The van der Waals surface area contributed by atoms with E-state index in [1.54, 1.807) is 4.90 Å². The molecular formula is C22H28ClN5O2S. The number of thiazole rings is 1. The van der Waals surface area contributed by atoms with E-state index in [-0.39, 0.29) is 5.91 Å². The molecule has 1 fully saturated rings. The molecule has 3 heterocycles. The molecule has 166 valence electrons. The van der Waals surface area contributed by atoms with Crippen LogP contribution in [0.3, 0.4) is 0 Å². The number of anilines is 1. The molecule has 0 spiro atoms. The average Bonchev–Trinajstić information content (AvgIpc) is 3.38. The number of hydrogen-bond acceptors (Lipinski definition) is 6. The Morgan fingerprint density at radius 2 is 2.06 bits per heavy atom. The van der Waals surface area contributed by atoms with Crippen molar-refractivity contribution in [2.45, 2.75) is 33.7 Å². The minimum Gasteiger partial charge on any atom is -0.379 e. The van der Waals surface area contributed by atoms with Crippen LogP contribution >= 0.6 is 22.9 Å². The van der Waals surface area contributed by atoms with E-state index < -0.39 is 0 Å². The number of morpholine rings is 1. The molecule has 0 saturated carbocycles. The number of halogens is 1. The Morgan fingerprint density at radius 3 is 2.77 bits per heavy atom. The molecule has 4 rings (SSSR count). The van der Waals surface area contributed by atoms with Gasteiger partial charge in [0, 0.05) is 43.4 Å². The zero-order valence-electron chi connectivity index (χ0n) is 18.2. The van der Waals surface area contributed by atoms with Gasteiger partial charge in [-0.25, -0.2) is 4.98 Å². The maximum absolute atomic E-state index is 13.5. The van der Waals surface area contributed by atoms with Gasteiger partial charge < -0.3 is 4.74 Å². The van der Waals surface area contributed by atoms with E-state index in [1.165, 1.54) is 11.3 Å². The van der Waals surface area contributed by atoms with Crippen molar-refractivity contribution >= 4 is 44.2 Å². The molecule has 0 atom stereocenters. The van der Waals surface area contributed by atoms with Crippen LogP contribution in [0.1, 0.15) is 35.1 Å². The van der Waals surface area contributed by atoms with Gasteiger partial charge in [0.25, 0.3) is 5.91 Å². The molecule has 31 heavy (non-hydrogen) atoms. The summed E-state index contributed by atoms with van der Waals surface area (Å²) in [6, 6.07) is 5.71. The van der Waals surface area contributed by atoms with E-state index in [2.05, 4.69) is 10.00 Å². The summed E-state index contributed by atoms with van der Waals surface area (Å²) in [6.45, 7) is 11.6. The Bertz CT molecular complexity index is 1070. The first-order valence-electron chi connectivity index (χ1n) is 10.7. The van der Waals surface area contributed by atoms with Crippen LogP contribution in [-0.4, -0.2) is 65.0 Å². The highest BCUT2D eigenvalue weighted by Crippen LogP contribution is 2.34. The van der Waals surface area contributed by atoms with Crippen LogP contribution in [-0.2, 0) is 11.3 Å². The Kier molecular flexibility index (Phi) is 6.91. The summed E-state index contributed by atoms with van der Waals surface area (Å²) < 4.78 is 8.31. The molecule has 9 heteroatoms. The van der Waals surface area contributed by atoms with Gasteiger partial charge in [-0.2, -0.15) is 5.10 Å². The van der Waals surface area contributed by atoms with Crippen LogP contribution in [0.4, 0.5) is 5.13 Å². The number of aromatic nitrogens is 3. The largest absolute Gasteiger partial charge is 0.379 e. The highest BCUT2D eigenvalue weighted by atomic mass is 35.5. The molecule has 0 bridgehead atoms. The Balaban J connectivity index is 1.61. The molecule has 1 aromatic carbocycles. The molecule has 0 radical (unpaired) electrons. The fraction of sp³-hybridized carbons (Fsp3) is 0.500. The maximum atomic E-state index is 13.5. The topological polar surface area (TPSA) is 63.5 Å². The Hall–Kier alpha value is -2.00. The van der Waals surface area contributed by atoms with Crippen molar-refractivity contribution < 1.29 is 9.53 Å². The van der Waals surface area contributed by atoms with Crippen molar-refractivity contribution in [3.63, 3.8) is 0 Å². The van der Waals surface area contributed by atoms with Crippen molar-refractivity contribution in [2.24, 2.45) is 0 Å². The summed E-state index contributed by atoms with van der Waals surface area (Å²) in [7, 11) is 0. The molecule has 0 N–H and O–H groups in total. The lowest BCUT2D eigenvalue weighted by Crippen LogP contribution is -2.39. The van der Waals surface area contributed by atoms with Crippen molar-refractivity contribution in [1.82, 2.24) is 19.7 Å². The number of hydrogen-bond donors (Lipinski definition) is 0. The van der Waals surface area contributed by atoms with E-state index in [4.69, 9.17) is 21.3 Å². The second-order valence-corrected chi connectivity index (χ2v) is 9.18. The van der Waals surface area contributed by atoms with Gasteiger partial charge in [-0.15, -0.1) is 0 Å². The van der Waals surface area contributed by atoms with Crippen LogP contribution < -0.4 is 4.90 Å². The normalized spacial score (nSPS) is 15.0. The number of aryl methyl sites for hydroxylation is 3. The van der Waals surface area contributed by atoms with Crippen LogP contribution in [0.5, 0.6) is 0 Å². The molecule has 2 aromatic heterocycles. The van der Waals surface area contributed by atoms with Crippen LogP contribution in [0.2, 0.25) is 5.02 Å². The van der Waals surface area contributed by atoms with Gasteiger partial charge in [0.05, 0.1) is 23.4 Å². The fourth-order valence-electron chi connectivity index (χ4n) is 3.84. The van der Waals surface area contributed by atoms with Gasteiger partial charge >= 0.3 is 0 Å². The summed E-state index contributed by atoms with van der Waals surface area (Å²) in [5, 5.41) is 5.89.